The van der Waals surface area contributed by atoms with Gasteiger partial charge in [0.25, 0.3) is 0 Å². The van der Waals surface area contributed by atoms with Gasteiger partial charge in [0.1, 0.15) is 0 Å². The van der Waals surface area contributed by atoms with Gasteiger partial charge in [-0.3, -0.25) is 4.68 Å². The van der Waals surface area contributed by atoms with Gasteiger partial charge in [0.2, 0.25) is 0 Å². The molecular formula is C14H27N3OS. The monoisotopic (exact) mass is 285 g/mol. The number of thioether (sulfide) groups is 1. The zero-order valence-electron chi connectivity index (χ0n) is 12.8. The lowest BCUT2D eigenvalue weighted by Crippen LogP contribution is -2.26. The number of rotatable bonds is 9. The van der Waals surface area contributed by atoms with Crippen molar-refractivity contribution in [2.24, 2.45) is 5.92 Å². The maximum Gasteiger partial charge on any atom is 0.161 e. The lowest BCUT2D eigenvalue weighted by Gasteiger charge is -2.20. The number of ether oxygens (including phenoxy) is 1. The Balaban J connectivity index is 2.81. The predicted molar refractivity (Wildman–Crippen MR) is 83.0 cm³/mol. The summed E-state index contributed by atoms with van der Waals surface area (Å²) in [4.78, 5) is 0. The van der Waals surface area contributed by atoms with Gasteiger partial charge in [0.15, 0.2) is 5.75 Å². The minimum absolute atomic E-state index is 0.297. The normalized spacial score (nSPS) is 12.9. The molecule has 1 unspecified atom stereocenters. The highest BCUT2D eigenvalue weighted by atomic mass is 32.2. The summed E-state index contributed by atoms with van der Waals surface area (Å²) < 4.78 is 7.48. The fraction of sp³-hybridized carbons (Fsp3) is 0.786. The summed E-state index contributed by atoms with van der Waals surface area (Å²) in [5.74, 6) is 3.85. The summed E-state index contributed by atoms with van der Waals surface area (Å²) in [7, 11) is 1.71. The van der Waals surface area contributed by atoms with Gasteiger partial charge in [0, 0.05) is 12.3 Å². The molecule has 0 saturated carbocycles. The summed E-state index contributed by atoms with van der Waals surface area (Å²) in [6.07, 6.45) is 1.82. The van der Waals surface area contributed by atoms with Crippen LogP contribution in [0.25, 0.3) is 0 Å². The first-order valence-electron chi connectivity index (χ1n) is 7.04. The first-order valence-corrected chi connectivity index (χ1v) is 8.20. The zero-order chi connectivity index (χ0) is 14.3. The van der Waals surface area contributed by atoms with Gasteiger partial charge in [-0.15, -0.1) is 0 Å². The fourth-order valence-electron chi connectivity index (χ4n) is 2.04. The third-order valence-corrected chi connectivity index (χ3v) is 4.35. The van der Waals surface area contributed by atoms with E-state index in [0.717, 1.165) is 30.5 Å². The van der Waals surface area contributed by atoms with Gasteiger partial charge in [-0.05, 0) is 25.1 Å². The standard InChI is InChI=1S/C14H27N3OS/c1-6-15-12(10-19-9-11(3)4)14-13(18-5)8-16-17(14)7-2/h8,11-12,15H,6-7,9-10H2,1-5H3. The van der Waals surface area contributed by atoms with Crippen molar-refractivity contribution in [1.29, 1.82) is 0 Å². The van der Waals surface area contributed by atoms with Crippen molar-refractivity contribution in [1.82, 2.24) is 15.1 Å². The van der Waals surface area contributed by atoms with E-state index in [1.807, 2.05) is 22.6 Å². The molecule has 0 aromatic carbocycles. The molecule has 1 rings (SSSR count). The Bertz CT molecular complexity index is 344. The van der Waals surface area contributed by atoms with Gasteiger partial charge < -0.3 is 10.1 Å². The number of hydrogen-bond acceptors (Lipinski definition) is 4. The highest BCUT2D eigenvalue weighted by Crippen LogP contribution is 2.28. The van der Waals surface area contributed by atoms with E-state index in [1.165, 1.54) is 11.4 Å². The molecule has 0 fully saturated rings. The molecule has 1 aromatic heterocycles. The molecule has 0 amide bonds. The van der Waals surface area contributed by atoms with E-state index in [9.17, 15) is 0 Å². The maximum absolute atomic E-state index is 5.45. The summed E-state index contributed by atoms with van der Waals surface area (Å²) >= 11 is 1.99. The van der Waals surface area contributed by atoms with Crippen LogP contribution in [0, 0.1) is 5.92 Å². The molecule has 110 valence electrons. The molecule has 0 aliphatic rings. The molecule has 19 heavy (non-hydrogen) atoms. The fourth-order valence-corrected chi connectivity index (χ4v) is 3.16. The SMILES string of the molecule is CCNC(CSCC(C)C)c1c(OC)cnn1CC. The number of nitrogens with one attached hydrogen (secondary N) is 1. The zero-order valence-corrected chi connectivity index (χ0v) is 13.6. The van der Waals surface area contributed by atoms with E-state index in [2.05, 4.69) is 38.1 Å². The third kappa shape index (κ3) is 4.73. The van der Waals surface area contributed by atoms with Crippen molar-refractivity contribution < 1.29 is 4.74 Å². The molecule has 1 N–H and O–H groups in total. The van der Waals surface area contributed by atoms with Crippen LogP contribution in [0.4, 0.5) is 0 Å². The molecule has 0 saturated heterocycles. The lowest BCUT2D eigenvalue weighted by atomic mass is 10.2. The van der Waals surface area contributed by atoms with Crippen molar-refractivity contribution >= 4 is 11.8 Å². The lowest BCUT2D eigenvalue weighted by molar-refractivity contribution is 0.397. The van der Waals surface area contributed by atoms with Crippen LogP contribution in [-0.4, -0.2) is 34.9 Å². The molecular weight excluding hydrogens is 258 g/mol. The highest BCUT2D eigenvalue weighted by Gasteiger charge is 2.20. The van der Waals surface area contributed by atoms with E-state index >= 15 is 0 Å². The number of nitrogens with zero attached hydrogens (tertiary/aromatic N) is 2. The second-order valence-corrected chi connectivity index (χ2v) is 6.03. The van der Waals surface area contributed by atoms with Gasteiger partial charge in [-0.25, -0.2) is 0 Å². The minimum Gasteiger partial charge on any atom is -0.493 e. The maximum atomic E-state index is 5.45. The van der Waals surface area contributed by atoms with E-state index in [4.69, 9.17) is 4.74 Å². The molecule has 0 spiro atoms. The average Bonchev–Trinajstić information content (AvgIpc) is 2.80. The largest absolute Gasteiger partial charge is 0.493 e. The first kappa shape index (κ1) is 16.4. The van der Waals surface area contributed by atoms with Crippen LogP contribution in [-0.2, 0) is 6.54 Å². The molecule has 1 atom stereocenters. The average molecular weight is 285 g/mol. The minimum atomic E-state index is 0.297. The third-order valence-electron chi connectivity index (χ3n) is 2.88. The molecule has 4 nitrogen and oxygen atoms in total. The van der Waals surface area contributed by atoms with Crippen molar-refractivity contribution in [2.75, 3.05) is 25.2 Å². The predicted octanol–water partition coefficient (Wildman–Crippen LogP) is 2.95. The summed E-state index contributed by atoms with van der Waals surface area (Å²) in [6.45, 7) is 10.6. The summed E-state index contributed by atoms with van der Waals surface area (Å²) in [5, 5.41) is 7.94. The van der Waals surface area contributed by atoms with Gasteiger partial charge in [0.05, 0.1) is 25.0 Å². The number of hydrogen-bond donors (Lipinski definition) is 1. The Labute approximate surface area is 121 Å². The second kappa shape index (κ2) is 8.48. The van der Waals surface area contributed by atoms with Gasteiger partial charge in [-0.2, -0.15) is 16.9 Å². The quantitative estimate of drug-likeness (QED) is 0.757. The summed E-state index contributed by atoms with van der Waals surface area (Å²) in [6, 6.07) is 0.297. The Morgan fingerprint density at radius 1 is 1.37 bits per heavy atom. The van der Waals surface area contributed by atoms with Crippen LogP contribution in [0.5, 0.6) is 5.75 Å². The number of aryl methyl sites for hydroxylation is 1. The molecule has 5 heteroatoms. The van der Waals surface area contributed by atoms with Crippen molar-refractivity contribution in [3.63, 3.8) is 0 Å². The van der Waals surface area contributed by atoms with E-state index in [1.54, 1.807) is 7.11 Å². The first-order chi connectivity index (χ1) is 9.13. The molecule has 1 aromatic rings. The molecule has 1 heterocycles. The van der Waals surface area contributed by atoms with Crippen LogP contribution >= 0.6 is 11.8 Å². The Morgan fingerprint density at radius 3 is 2.63 bits per heavy atom. The summed E-state index contributed by atoms with van der Waals surface area (Å²) in [5.41, 5.74) is 1.17. The van der Waals surface area contributed by atoms with Crippen LogP contribution < -0.4 is 10.1 Å². The van der Waals surface area contributed by atoms with E-state index in [0.29, 0.717) is 6.04 Å². The van der Waals surface area contributed by atoms with E-state index < -0.39 is 0 Å². The smallest absolute Gasteiger partial charge is 0.161 e. The Hall–Kier alpha value is -0.680. The van der Waals surface area contributed by atoms with Crippen LogP contribution in [0.3, 0.4) is 0 Å². The van der Waals surface area contributed by atoms with Crippen LogP contribution in [0.15, 0.2) is 6.20 Å². The Kier molecular flexibility index (Phi) is 7.31. The van der Waals surface area contributed by atoms with Crippen LogP contribution in [0.2, 0.25) is 0 Å². The molecule has 0 bridgehead atoms. The van der Waals surface area contributed by atoms with Crippen molar-refractivity contribution in [3.05, 3.63) is 11.9 Å². The van der Waals surface area contributed by atoms with E-state index in [-0.39, 0.29) is 0 Å². The van der Waals surface area contributed by atoms with Gasteiger partial charge >= 0.3 is 0 Å². The molecule has 0 aliphatic heterocycles. The highest BCUT2D eigenvalue weighted by molar-refractivity contribution is 7.99. The molecule has 0 aliphatic carbocycles. The number of aromatic nitrogens is 2. The molecule has 0 radical (unpaired) electrons. The number of methoxy groups -OCH3 is 1. The van der Waals surface area contributed by atoms with Gasteiger partial charge in [-0.1, -0.05) is 20.8 Å². The van der Waals surface area contributed by atoms with Crippen molar-refractivity contribution in [2.45, 2.75) is 40.3 Å². The second-order valence-electron chi connectivity index (χ2n) is 4.96. The Morgan fingerprint density at radius 2 is 2.11 bits per heavy atom. The van der Waals surface area contributed by atoms with Crippen LogP contribution in [0.1, 0.15) is 39.4 Å². The van der Waals surface area contributed by atoms with Crippen molar-refractivity contribution in [3.8, 4) is 5.75 Å². The topological polar surface area (TPSA) is 39.1 Å².